The maximum absolute atomic E-state index is 11.3. The van der Waals surface area contributed by atoms with Gasteiger partial charge < -0.3 is 9.47 Å². The molecule has 6 nitrogen and oxygen atoms in total. The summed E-state index contributed by atoms with van der Waals surface area (Å²) in [7, 11) is 1.32. The van der Waals surface area contributed by atoms with Crippen LogP contribution in [0.2, 0.25) is 0 Å². The third kappa shape index (κ3) is 5.51. The van der Waals surface area contributed by atoms with Crippen molar-refractivity contribution in [3.05, 3.63) is 35.4 Å². The van der Waals surface area contributed by atoms with E-state index in [9.17, 15) is 9.59 Å². The molecule has 0 atom stereocenters. The van der Waals surface area contributed by atoms with Crippen molar-refractivity contribution in [2.24, 2.45) is 5.10 Å². The SMILES string of the molecule is COC(=O)c1ccc(/C=N\NC(=O)OC(C)(C)C)cc1. The highest BCUT2D eigenvalue weighted by Crippen LogP contribution is 2.06. The smallest absolute Gasteiger partial charge is 0.428 e. The van der Waals surface area contributed by atoms with E-state index < -0.39 is 17.7 Å². The van der Waals surface area contributed by atoms with Crippen molar-refractivity contribution in [3.63, 3.8) is 0 Å². The van der Waals surface area contributed by atoms with Gasteiger partial charge in [-0.3, -0.25) is 0 Å². The van der Waals surface area contributed by atoms with Gasteiger partial charge in [-0.15, -0.1) is 0 Å². The van der Waals surface area contributed by atoms with Crippen LogP contribution in [-0.4, -0.2) is 31.0 Å². The standard InChI is InChI=1S/C14H18N2O4/c1-14(2,3)20-13(18)16-15-9-10-5-7-11(8-6-10)12(17)19-4/h5-9H,1-4H3,(H,16,18)/b15-9-. The van der Waals surface area contributed by atoms with Crippen molar-refractivity contribution < 1.29 is 19.1 Å². The molecule has 0 aromatic heterocycles. The number of amides is 1. The average Bonchev–Trinajstić information content (AvgIpc) is 2.36. The first-order valence-electron chi connectivity index (χ1n) is 6.02. The van der Waals surface area contributed by atoms with Gasteiger partial charge in [0.1, 0.15) is 5.60 Å². The number of carbonyl (C=O) groups excluding carboxylic acids is 2. The normalized spacial score (nSPS) is 11.2. The first-order chi connectivity index (χ1) is 9.31. The summed E-state index contributed by atoms with van der Waals surface area (Å²) < 4.78 is 9.60. The highest BCUT2D eigenvalue weighted by molar-refractivity contribution is 5.90. The maximum Gasteiger partial charge on any atom is 0.428 e. The first-order valence-corrected chi connectivity index (χ1v) is 6.02. The molecular weight excluding hydrogens is 260 g/mol. The van der Waals surface area contributed by atoms with Gasteiger partial charge in [0.2, 0.25) is 0 Å². The van der Waals surface area contributed by atoms with Crippen LogP contribution < -0.4 is 5.43 Å². The van der Waals surface area contributed by atoms with Crippen LogP contribution in [0.5, 0.6) is 0 Å². The van der Waals surface area contributed by atoms with Crippen LogP contribution in [0.4, 0.5) is 4.79 Å². The minimum atomic E-state index is -0.625. The number of rotatable bonds is 3. The van der Waals surface area contributed by atoms with Gasteiger partial charge in [-0.1, -0.05) is 12.1 Å². The number of carbonyl (C=O) groups is 2. The van der Waals surface area contributed by atoms with Crippen LogP contribution in [0.3, 0.4) is 0 Å². The van der Waals surface area contributed by atoms with E-state index >= 15 is 0 Å². The van der Waals surface area contributed by atoms with E-state index in [4.69, 9.17) is 4.74 Å². The molecule has 0 saturated heterocycles. The minimum absolute atomic E-state index is 0.402. The second kappa shape index (κ2) is 6.70. The van der Waals surface area contributed by atoms with Crippen molar-refractivity contribution in [1.29, 1.82) is 0 Å². The molecule has 0 unspecified atom stereocenters. The van der Waals surface area contributed by atoms with Crippen molar-refractivity contribution in [1.82, 2.24) is 5.43 Å². The second-order valence-corrected chi connectivity index (χ2v) is 4.99. The molecule has 0 aliphatic carbocycles. The fourth-order valence-corrected chi connectivity index (χ4v) is 1.28. The number of hydrogen-bond donors (Lipinski definition) is 1. The molecule has 6 heteroatoms. The lowest BCUT2D eigenvalue weighted by atomic mass is 10.1. The third-order valence-electron chi connectivity index (χ3n) is 2.10. The Kier molecular flexibility index (Phi) is 5.25. The van der Waals surface area contributed by atoms with Crippen LogP contribution in [0.25, 0.3) is 0 Å². The molecule has 0 fully saturated rings. The van der Waals surface area contributed by atoms with Gasteiger partial charge >= 0.3 is 12.1 Å². The number of benzene rings is 1. The molecule has 1 N–H and O–H groups in total. The highest BCUT2D eigenvalue weighted by Gasteiger charge is 2.15. The lowest BCUT2D eigenvalue weighted by Crippen LogP contribution is -2.29. The van der Waals surface area contributed by atoms with Crippen molar-refractivity contribution >= 4 is 18.3 Å². The van der Waals surface area contributed by atoms with Crippen LogP contribution >= 0.6 is 0 Å². The number of methoxy groups -OCH3 is 1. The topological polar surface area (TPSA) is 77.0 Å². The molecule has 1 rings (SSSR count). The zero-order valence-electron chi connectivity index (χ0n) is 12.0. The van der Waals surface area contributed by atoms with Crippen molar-refractivity contribution in [3.8, 4) is 0 Å². The average molecular weight is 278 g/mol. The van der Waals surface area contributed by atoms with Crippen molar-refractivity contribution in [2.45, 2.75) is 26.4 Å². The van der Waals surface area contributed by atoms with E-state index in [1.54, 1.807) is 45.0 Å². The Balaban J connectivity index is 2.54. The Hall–Kier alpha value is -2.37. The molecule has 0 heterocycles. The number of hydrazone groups is 1. The van der Waals surface area contributed by atoms with Gasteiger partial charge in [0.15, 0.2) is 0 Å². The summed E-state index contributed by atoms with van der Waals surface area (Å²) in [5.74, 6) is -0.402. The lowest BCUT2D eigenvalue weighted by Gasteiger charge is -2.18. The fourth-order valence-electron chi connectivity index (χ4n) is 1.28. The van der Waals surface area contributed by atoms with E-state index in [0.717, 1.165) is 5.56 Å². The second-order valence-electron chi connectivity index (χ2n) is 4.99. The van der Waals surface area contributed by atoms with Gasteiger partial charge in [0.05, 0.1) is 18.9 Å². The Morgan fingerprint density at radius 3 is 2.30 bits per heavy atom. The Morgan fingerprint density at radius 1 is 1.20 bits per heavy atom. The minimum Gasteiger partial charge on any atom is -0.465 e. The molecule has 0 saturated carbocycles. The predicted molar refractivity (Wildman–Crippen MR) is 74.7 cm³/mol. The molecule has 108 valence electrons. The van der Waals surface area contributed by atoms with Crippen molar-refractivity contribution in [2.75, 3.05) is 7.11 Å². The van der Waals surface area contributed by atoms with Crippen LogP contribution in [0.15, 0.2) is 29.4 Å². The molecule has 0 aliphatic rings. The Bertz CT molecular complexity index is 501. The molecule has 20 heavy (non-hydrogen) atoms. The number of ether oxygens (including phenoxy) is 2. The van der Waals surface area contributed by atoms with Crippen LogP contribution in [0, 0.1) is 0 Å². The Morgan fingerprint density at radius 2 is 1.80 bits per heavy atom. The first kappa shape index (κ1) is 15.7. The molecule has 1 aromatic carbocycles. The summed E-state index contributed by atoms with van der Waals surface area (Å²) in [4.78, 5) is 22.6. The molecule has 0 radical (unpaired) electrons. The van der Waals surface area contributed by atoms with E-state index in [0.29, 0.717) is 5.56 Å². The molecule has 0 bridgehead atoms. The summed E-state index contributed by atoms with van der Waals surface area (Å²) in [5.41, 5.74) is 2.86. The number of hydrogen-bond acceptors (Lipinski definition) is 5. The van der Waals surface area contributed by atoms with E-state index in [-0.39, 0.29) is 0 Å². The van der Waals surface area contributed by atoms with Gasteiger partial charge in [-0.05, 0) is 38.5 Å². The fraction of sp³-hybridized carbons (Fsp3) is 0.357. The monoisotopic (exact) mass is 278 g/mol. The molecule has 1 amide bonds. The number of nitrogens with zero attached hydrogens (tertiary/aromatic N) is 1. The number of nitrogens with one attached hydrogen (secondary N) is 1. The van der Waals surface area contributed by atoms with Gasteiger partial charge in [-0.25, -0.2) is 15.0 Å². The maximum atomic E-state index is 11.3. The molecule has 1 aromatic rings. The largest absolute Gasteiger partial charge is 0.465 e. The molecule has 0 aliphatic heterocycles. The zero-order valence-corrected chi connectivity index (χ0v) is 12.0. The quantitative estimate of drug-likeness (QED) is 0.523. The lowest BCUT2D eigenvalue weighted by molar-refractivity contribution is 0.0528. The summed E-state index contributed by atoms with van der Waals surface area (Å²) >= 11 is 0. The highest BCUT2D eigenvalue weighted by atomic mass is 16.6. The number of esters is 1. The van der Waals surface area contributed by atoms with Gasteiger partial charge in [0.25, 0.3) is 0 Å². The van der Waals surface area contributed by atoms with Gasteiger partial charge in [-0.2, -0.15) is 5.10 Å². The third-order valence-corrected chi connectivity index (χ3v) is 2.10. The summed E-state index contributed by atoms with van der Waals surface area (Å²) in [5, 5.41) is 3.75. The molecular formula is C14H18N2O4. The van der Waals surface area contributed by atoms with E-state index in [1.165, 1.54) is 13.3 Å². The predicted octanol–water partition coefficient (Wildman–Crippen LogP) is 2.33. The van der Waals surface area contributed by atoms with E-state index in [2.05, 4.69) is 15.3 Å². The summed E-state index contributed by atoms with van der Waals surface area (Å²) in [6.45, 7) is 5.30. The zero-order chi connectivity index (χ0) is 15.2. The van der Waals surface area contributed by atoms with Crippen LogP contribution in [-0.2, 0) is 9.47 Å². The van der Waals surface area contributed by atoms with Crippen LogP contribution in [0.1, 0.15) is 36.7 Å². The van der Waals surface area contributed by atoms with Gasteiger partial charge in [0, 0.05) is 0 Å². The summed E-state index contributed by atoms with van der Waals surface area (Å²) in [6, 6.07) is 6.60. The van der Waals surface area contributed by atoms with E-state index in [1.807, 2.05) is 0 Å². The Labute approximate surface area is 117 Å². The molecule has 0 spiro atoms. The summed E-state index contributed by atoms with van der Waals surface area (Å²) in [6.07, 6.45) is 0.824.